The van der Waals surface area contributed by atoms with Crippen molar-refractivity contribution in [2.45, 2.75) is 19.0 Å². The number of carbonyl (C=O) groups is 3. The van der Waals surface area contributed by atoms with Crippen LogP contribution in [0.15, 0.2) is 65.1 Å². The molecular weight excluding hydrogens is 526 g/mol. The molecule has 5 rings (SSSR count). The molecular formula is C24H15BrClN3O5. The number of nitrogens with zero attached hydrogens (tertiary/aromatic N) is 3. The van der Waals surface area contributed by atoms with E-state index < -0.39 is 40.4 Å². The molecule has 3 amide bonds. The van der Waals surface area contributed by atoms with Crippen molar-refractivity contribution in [1.29, 1.82) is 0 Å². The third-order valence-corrected chi connectivity index (χ3v) is 7.06. The second kappa shape index (κ2) is 8.03. The van der Waals surface area contributed by atoms with Crippen molar-refractivity contribution >= 4 is 56.6 Å². The van der Waals surface area contributed by atoms with Crippen LogP contribution in [0.4, 0.5) is 11.4 Å². The number of rotatable bonds is 4. The molecule has 2 aliphatic rings. The molecule has 2 heterocycles. The minimum absolute atomic E-state index is 0.0858. The molecule has 0 aromatic heterocycles. The van der Waals surface area contributed by atoms with E-state index in [2.05, 4.69) is 15.9 Å². The van der Waals surface area contributed by atoms with Gasteiger partial charge in [-0.3, -0.25) is 29.4 Å². The van der Waals surface area contributed by atoms with Gasteiger partial charge in [-0.25, -0.2) is 0 Å². The van der Waals surface area contributed by atoms with Gasteiger partial charge in [0.25, 0.3) is 23.4 Å². The molecule has 3 aromatic carbocycles. The molecule has 0 N–H and O–H groups in total. The van der Waals surface area contributed by atoms with Gasteiger partial charge in [0.1, 0.15) is 11.6 Å². The number of benzene rings is 3. The summed E-state index contributed by atoms with van der Waals surface area (Å²) in [5.41, 5.74) is 1.07. The predicted octanol–water partition coefficient (Wildman–Crippen LogP) is 5.07. The Bertz CT molecular complexity index is 1430. The van der Waals surface area contributed by atoms with Crippen LogP contribution in [0.3, 0.4) is 0 Å². The number of imide groups is 1. The SMILES string of the molecule is Cc1c(Cl)cccc1N1C(=O)[C@H](N2C(=O)c3cccc([N+](=O)[O-])c3C2=O)[C@H]1c1cccc(Br)c1. The second-order valence-electron chi connectivity index (χ2n) is 7.97. The fourth-order valence-corrected chi connectivity index (χ4v) is 5.15. The number of nitro groups is 1. The predicted molar refractivity (Wildman–Crippen MR) is 128 cm³/mol. The van der Waals surface area contributed by atoms with Crippen LogP contribution in [0.2, 0.25) is 5.02 Å². The van der Waals surface area contributed by atoms with Gasteiger partial charge in [0.15, 0.2) is 0 Å². The van der Waals surface area contributed by atoms with Crippen LogP contribution < -0.4 is 4.90 Å². The van der Waals surface area contributed by atoms with Gasteiger partial charge in [0, 0.05) is 21.2 Å². The number of carbonyl (C=O) groups excluding carboxylic acids is 3. The molecule has 0 aliphatic carbocycles. The summed E-state index contributed by atoms with van der Waals surface area (Å²) in [6, 6.07) is 14.4. The van der Waals surface area contributed by atoms with Crippen molar-refractivity contribution in [3.05, 3.63) is 103 Å². The standard InChI is InChI=1S/C24H15BrClN3O5/c1-12-16(26)8-4-9-17(12)27-20(13-5-2-6-14(25)11-13)21(24(27)32)28-22(30)15-7-3-10-18(29(33)34)19(15)23(28)31/h2-11,20-21H,1H3/t20-,21-/m1/s1. The second-order valence-corrected chi connectivity index (χ2v) is 9.30. The number of nitro benzene ring substituents is 1. The molecule has 3 aromatic rings. The van der Waals surface area contributed by atoms with E-state index in [0.29, 0.717) is 21.8 Å². The first-order valence-corrected chi connectivity index (χ1v) is 11.4. The molecule has 0 bridgehead atoms. The molecule has 2 atom stereocenters. The first kappa shape index (κ1) is 22.2. The summed E-state index contributed by atoms with van der Waals surface area (Å²) in [5.74, 6) is -2.06. The van der Waals surface area contributed by atoms with Gasteiger partial charge in [0.2, 0.25) is 0 Å². The lowest BCUT2D eigenvalue weighted by atomic mass is 9.86. The Balaban J connectivity index is 1.64. The lowest BCUT2D eigenvalue weighted by Crippen LogP contribution is -2.67. The van der Waals surface area contributed by atoms with E-state index in [1.165, 1.54) is 23.1 Å². The van der Waals surface area contributed by atoms with Crippen molar-refractivity contribution in [3.63, 3.8) is 0 Å². The largest absolute Gasteiger partial charge is 0.300 e. The Kier molecular flexibility index (Phi) is 5.26. The van der Waals surface area contributed by atoms with Crippen LogP contribution >= 0.6 is 27.5 Å². The van der Waals surface area contributed by atoms with E-state index in [4.69, 9.17) is 11.6 Å². The first-order chi connectivity index (χ1) is 16.2. The fraction of sp³-hybridized carbons (Fsp3) is 0.125. The summed E-state index contributed by atoms with van der Waals surface area (Å²) in [4.78, 5) is 53.3. The lowest BCUT2D eigenvalue weighted by Gasteiger charge is -2.50. The van der Waals surface area contributed by atoms with Crippen LogP contribution in [0.25, 0.3) is 0 Å². The Hall–Kier alpha value is -3.56. The Morgan fingerprint density at radius 2 is 1.65 bits per heavy atom. The monoisotopic (exact) mass is 539 g/mol. The zero-order valence-electron chi connectivity index (χ0n) is 17.6. The quantitative estimate of drug-likeness (QED) is 0.199. The maximum absolute atomic E-state index is 13.5. The zero-order chi connectivity index (χ0) is 24.3. The highest BCUT2D eigenvalue weighted by Crippen LogP contribution is 2.46. The summed E-state index contributed by atoms with van der Waals surface area (Å²) >= 11 is 9.73. The van der Waals surface area contributed by atoms with E-state index in [1.54, 1.807) is 43.3 Å². The average Bonchev–Trinajstić information content (AvgIpc) is 3.05. The van der Waals surface area contributed by atoms with Gasteiger partial charge in [-0.05, 0) is 48.4 Å². The highest BCUT2D eigenvalue weighted by Gasteiger charge is 2.58. The van der Waals surface area contributed by atoms with Gasteiger partial charge in [-0.15, -0.1) is 0 Å². The Morgan fingerprint density at radius 3 is 2.35 bits per heavy atom. The van der Waals surface area contributed by atoms with Crippen molar-refractivity contribution in [2.24, 2.45) is 0 Å². The molecule has 34 heavy (non-hydrogen) atoms. The minimum atomic E-state index is -1.17. The van der Waals surface area contributed by atoms with Gasteiger partial charge >= 0.3 is 0 Å². The number of halogens is 2. The smallest absolute Gasteiger partial charge is 0.282 e. The summed E-state index contributed by atoms with van der Waals surface area (Å²) in [6.45, 7) is 1.78. The van der Waals surface area contributed by atoms with E-state index >= 15 is 0 Å². The van der Waals surface area contributed by atoms with E-state index in [0.717, 1.165) is 9.37 Å². The highest BCUT2D eigenvalue weighted by atomic mass is 79.9. The molecule has 170 valence electrons. The summed E-state index contributed by atoms with van der Waals surface area (Å²) in [7, 11) is 0. The third kappa shape index (κ3) is 3.15. The Morgan fingerprint density at radius 1 is 0.941 bits per heavy atom. The third-order valence-electron chi connectivity index (χ3n) is 6.16. The van der Waals surface area contributed by atoms with E-state index in [9.17, 15) is 24.5 Å². The molecule has 0 radical (unpaired) electrons. The summed E-state index contributed by atoms with van der Waals surface area (Å²) in [5, 5.41) is 12.0. The van der Waals surface area contributed by atoms with Gasteiger partial charge < -0.3 is 4.90 Å². The maximum Gasteiger partial charge on any atom is 0.282 e. The number of hydrogen-bond acceptors (Lipinski definition) is 5. The van der Waals surface area contributed by atoms with Crippen molar-refractivity contribution in [1.82, 2.24) is 4.90 Å². The van der Waals surface area contributed by atoms with Crippen LogP contribution in [0.1, 0.15) is 37.9 Å². The number of fused-ring (bicyclic) bond motifs is 1. The molecule has 8 nitrogen and oxygen atoms in total. The normalized spacial score (nSPS) is 19.3. The molecule has 0 unspecified atom stereocenters. The number of hydrogen-bond donors (Lipinski definition) is 0. The Labute approximate surface area is 207 Å². The zero-order valence-corrected chi connectivity index (χ0v) is 19.9. The molecule has 0 spiro atoms. The van der Waals surface area contributed by atoms with E-state index in [-0.39, 0.29) is 11.1 Å². The number of amides is 3. The molecule has 10 heteroatoms. The van der Waals surface area contributed by atoms with Gasteiger partial charge in [-0.2, -0.15) is 0 Å². The molecule has 1 fully saturated rings. The van der Waals surface area contributed by atoms with Gasteiger partial charge in [0.05, 0.1) is 16.5 Å². The van der Waals surface area contributed by atoms with Crippen molar-refractivity contribution in [2.75, 3.05) is 4.90 Å². The minimum Gasteiger partial charge on any atom is -0.300 e. The number of anilines is 1. The first-order valence-electron chi connectivity index (χ1n) is 10.2. The van der Waals surface area contributed by atoms with Crippen LogP contribution in [-0.2, 0) is 4.79 Å². The fourth-order valence-electron chi connectivity index (χ4n) is 4.56. The summed E-state index contributed by atoms with van der Waals surface area (Å²) in [6.07, 6.45) is 0. The van der Waals surface area contributed by atoms with E-state index in [1.807, 2.05) is 6.07 Å². The van der Waals surface area contributed by atoms with Crippen LogP contribution in [-0.4, -0.2) is 33.6 Å². The maximum atomic E-state index is 13.5. The molecule has 1 saturated heterocycles. The van der Waals surface area contributed by atoms with Gasteiger partial charge in [-0.1, -0.05) is 51.8 Å². The highest BCUT2D eigenvalue weighted by molar-refractivity contribution is 9.10. The van der Waals surface area contributed by atoms with Crippen LogP contribution in [0.5, 0.6) is 0 Å². The lowest BCUT2D eigenvalue weighted by molar-refractivity contribution is -0.385. The van der Waals surface area contributed by atoms with Crippen molar-refractivity contribution in [3.8, 4) is 0 Å². The van der Waals surface area contributed by atoms with Crippen LogP contribution in [0, 0.1) is 17.0 Å². The topological polar surface area (TPSA) is 101 Å². The number of β-lactam (4-membered cyclic amide) rings is 1. The average molecular weight is 541 g/mol. The molecule has 2 aliphatic heterocycles. The molecule has 0 saturated carbocycles. The summed E-state index contributed by atoms with van der Waals surface area (Å²) < 4.78 is 0.754. The van der Waals surface area contributed by atoms with Crippen molar-refractivity contribution < 1.29 is 19.3 Å².